The largest absolute Gasteiger partial charge is 0.293 e. The Hall–Kier alpha value is -0.760. The Morgan fingerprint density at radius 3 is 2.47 bits per heavy atom. The minimum Gasteiger partial charge on any atom is -0.293 e. The van der Waals surface area contributed by atoms with E-state index in [-0.39, 0.29) is 10.5 Å². The lowest BCUT2D eigenvalue weighted by Gasteiger charge is -2.31. The monoisotopic (exact) mass is 220 g/mol. The van der Waals surface area contributed by atoms with E-state index in [9.17, 15) is 4.79 Å². The van der Waals surface area contributed by atoms with Gasteiger partial charge in [0.1, 0.15) is 0 Å². The van der Waals surface area contributed by atoms with Crippen molar-refractivity contribution in [2.45, 2.75) is 38.2 Å². The van der Waals surface area contributed by atoms with Crippen molar-refractivity contribution in [2.24, 2.45) is 0 Å². The third kappa shape index (κ3) is 1.61. The maximum absolute atomic E-state index is 12.3. The predicted octanol–water partition coefficient (Wildman–Crippen LogP) is 3.51. The fourth-order valence-electron chi connectivity index (χ4n) is 1.99. The van der Waals surface area contributed by atoms with Crippen LogP contribution in [0.25, 0.3) is 0 Å². The third-order valence-electron chi connectivity index (χ3n) is 3.11. The Bertz CT molecular complexity index is 432. The van der Waals surface area contributed by atoms with Gasteiger partial charge in [-0.25, -0.2) is 0 Å². The molecule has 0 unspecified atom stereocenters. The van der Waals surface area contributed by atoms with Crippen LogP contribution in [-0.4, -0.2) is 10.5 Å². The number of thioether (sulfide) groups is 1. The van der Waals surface area contributed by atoms with Crippen molar-refractivity contribution in [1.82, 2.24) is 0 Å². The fourth-order valence-corrected chi connectivity index (χ4v) is 3.10. The zero-order chi connectivity index (χ0) is 11.2. The number of carbonyl (C=O) groups is 1. The quantitative estimate of drug-likeness (QED) is 0.665. The molecule has 1 aliphatic heterocycles. The van der Waals surface area contributed by atoms with Crippen LogP contribution >= 0.6 is 11.8 Å². The Morgan fingerprint density at radius 1 is 1.20 bits per heavy atom. The standard InChI is InChI=1S/C13H16OS/c1-8-5-6-9(2)11-10(8)7-15-13(3,4)12(11)14/h5-6H,7H2,1-4H3. The molecule has 1 aromatic rings. The summed E-state index contributed by atoms with van der Waals surface area (Å²) in [5.41, 5.74) is 4.57. The summed E-state index contributed by atoms with van der Waals surface area (Å²) in [6.45, 7) is 8.15. The lowest BCUT2D eigenvalue weighted by Crippen LogP contribution is -2.33. The van der Waals surface area contributed by atoms with Crippen LogP contribution in [0.4, 0.5) is 0 Å². The normalized spacial score (nSPS) is 18.8. The average molecular weight is 220 g/mol. The van der Waals surface area contributed by atoms with Gasteiger partial charge in [-0.2, -0.15) is 0 Å². The number of aryl methyl sites for hydroxylation is 2. The van der Waals surface area contributed by atoms with Crippen LogP contribution in [-0.2, 0) is 5.75 Å². The van der Waals surface area contributed by atoms with E-state index in [1.54, 1.807) is 11.8 Å². The molecular weight excluding hydrogens is 204 g/mol. The van der Waals surface area contributed by atoms with Crippen molar-refractivity contribution in [3.05, 3.63) is 34.4 Å². The smallest absolute Gasteiger partial charge is 0.178 e. The van der Waals surface area contributed by atoms with Gasteiger partial charge in [0.15, 0.2) is 5.78 Å². The summed E-state index contributed by atoms with van der Waals surface area (Å²) in [6, 6.07) is 4.17. The summed E-state index contributed by atoms with van der Waals surface area (Å²) in [5.74, 6) is 1.25. The van der Waals surface area contributed by atoms with Gasteiger partial charge in [0.05, 0.1) is 4.75 Å². The molecule has 0 spiro atoms. The molecule has 2 rings (SSSR count). The van der Waals surface area contributed by atoms with Gasteiger partial charge in [0.2, 0.25) is 0 Å². The lowest BCUT2D eigenvalue weighted by molar-refractivity contribution is 0.0954. The minimum absolute atomic E-state index is 0.258. The van der Waals surface area contributed by atoms with Crippen molar-refractivity contribution < 1.29 is 4.79 Å². The van der Waals surface area contributed by atoms with E-state index in [1.807, 2.05) is 20.8 Å². The maximum Gasteiger partial charge on any atom is 0.178 e. The highest BCUT2D eigenvalue weighted by atomic mass is 32.2. The van der Waals surface area contributed by atoms with Gasteiger partial charge in [-0.1, -0.05) is 12.1 Å². The molecule has 0 bridgehead atoms. The van der Waals surface area contributed by atoms with Crippen molar-refractivity contribution in [2.75, 3.05) is 0 Å². The predicted molar refractivity (Wildman–Crippen MR) is 65.6 cm³/mol. The first-order chi connectivity index (χ1) is 6.93. The summed E-state index contributed by atoms with van der Waals surface area (Å²) >= 11 is 1.74. The Labute approximate surface area is 95.3 Å². The molecule has 0 N–H and O–H groups in total. The first kappa shape index (κ1) is 10.7. The van der Waals surface area contributed by atoms with Crippen molar-refractivity contribution in [1.29, 1.82) is 0 Å². The number of fused-ring (bicyclic) bond motifs is 1. The highest BCUT2D eigenvalue weighted by Crippen LogP contribution is 2.40. The molecule has 0 radical (unpaired) electrons. The van der Waals surface area contributed by atoms with Gasteiger partial charge in [0, 0.05) is 11.3 Å². The number of Topliss-reactive ketones (excluding diaryl/α,β-unsaturated/α-hetero) is 1. The van der Waals surface area contributed by atoms with Crippen LogP contribution in [0.2, 0.25) is 0 Å². The topological polar surface area (TPSA) is 17.1 Å². The molecule has 0 saturated heterocycles. The molecule has 0 saturated carbocycles. The van der Waals surface area contributed by atoms with Crippen molar-refractivity contribution in [3.63, 3.8) is 0 Å². The van der Waals surface area contributed by atoms with Crippen LogP contribution in [0, 0.1) is 13.8 Å². The number of benzene rings is 1. The van der Waals surface area contributed by atoms with Crippen molar-refractivity contribution in [3.8, 4) is 0 Å². The van der Waals surface area contributed by atoms with Gasteiger partial charge in [-0.05, 0) is 44.4 Å². The molecule has 80 valence electrons. The number of ketones is 1. The molecule has 0 atom stereocenters. The highest BCUT2D eigenvalue weighted by Gasteiger charge is 2.36. The van der Waals surface area contributed by atoms with E-state index in [2.05, 4.69) is 19.1 Å². The summed E-state index contributed by atoms with van der Waals surface area (Å²) in [4.78, 5) is 12.3. The number of hydrogen-bond donors (Lipinski definition) is 0. The minimum atomic E-state index is -0.258. The van der Waals surface area contributed by atoms with Gasteiger partial charge in [-0.3, -0.25) is 4.79 Å². The molecule has 1 heterocycles. The van der Waals surface area contributed by atoms with E-state index in [0.717, 1.165) is 16.9 Å². The molecule has 1 aliphatic rings. The highest BCUT2D eigenvalue weighted by molar-refractivity contribution is 8.00. The average Bonchev–Trinajstić information content (AvgIpc) is 2.16. The summed E-state index contributed by atoms with van der Waals surface area (Å²) in [6.07, 6.45) is 0. The molecule has 0 aliphatic carbocycles. The summed E-state index contributed by atoms with van der Waals surface area (Å²) < 4.78 is -0.258. The second-order valence-electron chi connectivity index (χ2n) is 4.68. The molecule has 0 fully saturated rings. The van der Waals surface area contributed by atoms with Gasteiger partial charge >= 0.3 is 0 Å². The van der Waals surface area contributed by atoms with Crippen LogP contribution in [0.1, 0.15) is 40.9 Å². The van der Waals surface area contributed by atoms with Gasteiger partial charge in [-0.15, -0.1) is 11.8 Å². The fraction of sp³-hybridized carbons (Fsp3) is 0.462. The number of rotatable bonds is 0. The number of carbonyl (C=O) groups excluding carboxylic acids is 1. The Balaban J connectivity index is 2.66. The Morgan fingerprint density at radius 2 is 1.80 bits per heavy atom. The zero-order valence-corrected chi connectivity index (χ0v) is 10.5. The van der Waals surface area contributed by atoms with E-state index >= 15 is 0 Å². The first-order valence-corrected chi connectivity index (χ1v) is 6.20. The Kier molecular flexibility index (Phi) is 2.42. The van der Waals surface area contributed by atoms with Crippen LogP contribution in [0.5, 0.6) is 0 Å². The van der Waals surface area contributed by atoms with Gasteiger partial charge < -0.3 is 0 Å². The van der Waals surface area contributed by atoms with E-state index < -0.39 is 0 Å². The second kappa shape index (κ2) is 3.38. The second-order valence-corrected chi connectivity index (χ2v) is 6.28. The maximum atomic E-state index is 12.3. The van der Waals surface area contributed by atoms with E-state index in [0.29, 0.717) is 0 Å². The molecular formula is C13H16OS. The van der Waals surface area contributed by atoms with Crippen LogP contribution in [0.15, 0.2) is 12.1 Å². The summed E-state index contributed by atoms with van der Waals surface area (Å²) in [5, 5.41) is 0. The molecule has 0 aromatic heterocycles. The molecule has 2 heteroatoms. The molecule has 0 amide bonds. The van der Waals surface area contributed by atoms with Crippen molar-refractivity contribution >= 4 is 17.5 Å². The lowest BCUT2D eigenvalue weighted by atomic mass is 9.89. The molecule has 1 aromatic carbocycles. The number of hydrogen-bond acceptors (Lipinski definition) is 2. The van der Waals surface area contributed by atoms with E-state index in [4.69, 9.17) is 0 Å². The first-order valence-electron chi connectivity index (χ1n) is 5.21. The third-order valence-corrected chi connectivity index (χ3v) is 4.45. The van der Waals surface area contributed by atoms with Gasteiger partial charge in [0.25, 0.3) is 0 Å². The summed E-state index contributed by atoms with van der Waals surface area (Å²) in [7, 11) is 0. The molecule has 1 nitrogen and oxygen atoms in total. The van der Waals surface area contributed by atoms with Crippen LogP contribution < -0.4 is 0 Å². The van der Waals surface area contributed by atoms with Crippen LogP contribution in [0.3, 0.4) is 0 Å². The molecule has 15 heavy (non-hydrogen) atoms. The van der Waals surface area contributed by atoms with E-state index in [1.165, 1.54) is 11.1 Å². The SMILES string of the molecule is Cc1ccc(C)c2c1CSC(C)(C)C2=O. The zero-order valence-electron chi connectivity index (χ0n) is 9.68.